The molecule has 8 nitrogen and oxygen atoms in total. The van der Waals surface area contributed by atoms with Gasteiger partial charge in [-0.05, 0) is 67.3 Å². The van der Waals surface area contributed by atoms with Gasteiger partial charge in [0, 0.05) is 22.6 Å². The minimum Gasteiger partial charge on any atom is -0.497 e. The van der Waals surface area contributed by atoms with Crippen LogP contribution in [0.25, 0.3) is 0 Å². The number of halogens is 2. The van der Waals surface area contributed by atoms with Gasteiger partial charge in [0.1, 0.15) is 18.3 Å². The average Bonchev–Trinajstić information content (AvgIpc) is 3.00. The highest BCUT2D eigenvalue weighted by Crippen LogP contribution is 2.30. The van der Waals surface area contributed by atoms with Gasteiger partial charge >= 0.3 is 0 Å². The van der Waals surface area contributed by atoms with Gasteiger partial charge in [-0.2, -0.15) is 0 Å². The van der Waals surface area contributed by atoms with Crippen LogP contribution in [0.15, 0.2) is 77.7 Å². The topological polar surface area (TPSA) is 96.0 Å². The van der Waals surface area contributed by atoms with E-state index in [1.165, 1.54) is 35.2 Å². The van der Waals surface area contributed by atoms with E-state index >= 15 is 0 Å². The quantitative estimate of drug-likeness (QED) is 0.244. The Bertz CT molecular complexity index is 1480. The number of carbonyl (C=O) groups excluding carboxylic acids is 2. The van der Waals surface area contributed by atoms with E-state index in [0.29, 0.717) is 12.2 Å². The Morgan fingerprint density at radius 1 is 0.953 bits per heavy atom. The molecule has 0 aromatic heterocycles. The lowest BCUT2D eigenvalue weighted by Gasteiger charge is -2.34. The molecule has 230 valence electrons. The zero-order chi connectivity index (χ0) is 31.0. The zero-order valence-electron chi connectivity index (χ0n) is 24.3. The number of hydrogen-bond acceptors (Lipinski definition) is 5. The van der Waals surface area contributed by atoms with E-state index in [1.54, 1.807) is 37.4 Å². The van der Waals surface area contributed by atoms with Gasteiger partial charge in [-0.3, -0.25) is 13.9 Å². The molecule has 0 unspecified atom stereocenters. The van der Waals surface area contributed by atoms with Crippen molar-refractivity contribution in [1.29, 1.82) is 0 Å². The van der Waals surface area contributed by atoms with Gasteiger partial charge < -0.3 is 15.0 Å². The van der Waals surface area contributed by atoms with Gasteiger partial charge in [-0.15, -0.1) is 0 Å². The summed E-state index contributed by atoms with van der Waals surface area (Å²) in [5.74, 6) is -0.140. The van der Waals surface area contributed by atoms with Crippen molar-refractivity contribution in [2.75, 3.05) is 18.0 Å². The monoisotopic (exact) mass is 645 g/mol. The van der Waals surface area contributed by atoms with Gasteiger partial charge in [0.15, 0.2) is 0 Å². The van der Waals surface area contributed by atoms with Crippen LogP contribution in [0, 0.1) is 0 Å². The summed E-state index contributed by atoms with van der Waals surface area (Å²) in [6.45, 7) is 1.36. The maximum atomic E-state index is 14.2. The van der Waals surface area contributed by atoms with Crippen molar-refractivity contribution < 1.29 is 22.7 Å². The summed E-state index contributed by atoms with van der Waals surface area (Å²) in [5.41, 5.74) is 0.903. The number of ether oxygens (including phenoxy) is 1. The van der Waals surface area contributed by atoms with E-state index in [4.69, 9.17) is 27.9 Å². The summed E-state index contributed by atoms with van der Waals surface area (Å²) >= 11 is 12.5. The molecule has 0 radical (unpaired) electrons. The van der Waals surface area contributed by atoms with Crippen LogP contribution in [-0.2, 0) is 26.2 Å². The number of methoxy groups -OCH3 is 1. The predicted molar refractivity (Wildman–Crippen MR) is 170 cm³/mol. The van der Waals surface area contributed by atoms with Gasteiger partial charge in [-0.1, -0.05) is 79.7 Å². The lowest BCUT2D eigenvalue weighted by Crippen LogP contribution is -2.54. The lowest BCUT2D eigenvalue weighted by atomic mass is 9.95. The maximum absolute atomic E-state index is 14.2. The molecule has 1 aliphatic carbocycles. The Hall–Kier alpha value is -3.27. The fourth-order valence-electron chi connectivity index (χ4n) is 5.32. The summed E-state index contributed by atoms with van der Waals surface area (Å²) in [6.07, 6.45) is 5.37. The highest BCUT2D eigenvalue weighted by atomic mass is 35.5. The fraction of sp³-hybridized carbons (Fsp3) is 0.375. The summed E-state index contributed by atoms with van der Waals surface area (Å²) in [4.78, 5) is 29.4. The molecule has 43 heavy (non-hydrogen) atoms. The van der Waals surface area contributed by atoms with Crippen molar-refractivity contribution in [3.63, 3.8) is 0 Å². The molecule has 0 spiro atoms. The Labute approximate surface area is 264 Å². The average molecular weight is 647 g/mol. The molecule has 3 aromatic rings. The number of sulfonamides is 1. The Balaban J connectivity index is 1.72. The molecular formula is C32H37Cl2N3O5S. The van der Waals surface area contributed by atoms with Crippen LogP contribution in [0.5, 0.6) is 5.75 Å². The Kier molecular flexibility index (Phi) is 11.3. The zero-order valence-corrected chi connectivity index (χ0v) is 26.7. The molecule has 1 fully saturated rings. The summed E-state index contributed by atoms with van der Waals surface area (Å²) < 4.78 is 34.2. The van der Waals surface area contributed by atoms with Crippen molar-refractivity contribution in [2.24, 2.45) is 0 Å². The first-order valence-electron chi connectivity index (χ1n) is 14.4. The van der Waals surface area contributed by atoms with Gasteiger partial charge in [0.25, 0.3) is 10.0 Å². The number of anilines is 1. The van der Waals surface area contributed by atoms with Crippen LogP contribution >= 0.6 is 23.2 Å². The lowest BCUT2D eigenvalue weighted by molar-refractivity contribution is -0.140. The molecule has 0 aliphatic heterocycles. The molecule has 2 amide bonds. The molecule has 0 heterocycles. The minimum atomic E-state index is -4.22. The van der Waals surface area contributed by atoms with E-state index < -0.39 is 28.5 Å². The third-order valence-corrected chi connectivity index (χ3v) is 9.82. The molecule has 11 heteroatoms. The Morgan fingerprint density at radius 3 is 2.16 bits per heavy atom. The second-order valence-electron chi connectivity index (χ2n) is 10.6. The Morgan fingerprint density at radius 2 is 1.58 bits per heavy atom. The minimum absolute atomic E-state index is 0.00249. The van der Waals surface area contributed by atoms with Crippen molar-refractivity contribution in [1.82, 2.24) is 10.2 Å². The van der Waals surface area contributed by atoms with Crippen LogP contribution in [0.4, 0.5) is 5.69 Å². The highest BCUT2D eigenvalue weighted by molar-refractivity contribution is 7.92. The van der Waals surface area contributed by atoms with Crippen molar-refractivity contribution in [3.8, 4) is 5.75 Å². The first kappa shape index (κ1) is 32.6. The SMILES string of the molecule is CC[C@@H](C(=O)NC1CCCCC1)N(Cc1ccc(OC)cc1)C(=O)CN(c1cc(Cl)cc(Cl)c1)S(=O)(=O)c1ccccc1. The van der Waals surface area contributed by atoms with Crippen LogP contribution in [0.3, 0.4) is 0 Å². The number of benzene rings is 3. The first-order chi connectivity index (χ1) is 20.6. The van der Waals surface area contributed by atoms with Gasteiger partial charge in [0.2, 0.25) is 11.8 Å². The van der Waals surface area contributed by atoms with Crippen LogP contribution in [0.1, 0.15) is 51.0 Å². The largest absolute Gasteiger partial charge is 0.497 e. The van der Waals surface area contributed by atoms with Crippen LogP contribution in [0.2, 0.25) is 10.0 Å². The number of amides is 2. The molecule has 0 bridgehead atoms. The summed E-state index contributed by atoms with van der Waals surface area (Å²) in [7, 11) is -2.66. The summed E-state index contributed by atoms with van der Waals surface area (Å²) in [6, 6.07) is 18.7. The van der Waals surface area contributed by atoms with E-state index in [1.807, 2.05) is 19.1 Å². The van der Waals surface area contributed by atoms with Crippen molar-refractivity contribution in [3.05, 3.63) is 88.4 Å². The third kappa shape index (κ3) is 8.43. The number of rotatable bonds is 12. The fourth-order valence-corrected chi connectivity index (χ4v) is 7.26. The number of nitrogens with one attached hydrogen (secondary N) is 1. The molecule has 1 N–H and O–H groups in total. The molecule has 0 saturated heterocycles. The van der Waals surface area contributed by atoms with Crippen LogP contribution in [-0.4, -0.2) is 50.9 Å². The van der Waals surface area contributed by atoms with Crippen molar-refractivity contribution in [2.45, 2.75) is 69.0 Å². The van der Waals surface area contributed by atoms with Gasteiger partial charge in [-0.25, -0.2) is 8.42 Å². The van der Waals surface area contributed by atoms with Crippen LogP contribution < -0.4 is 14.4 Å². The third-order valence-electron chi connectivity index (χ3n) is 7.59. The summed E-state index contributed by atoms with van der Waals surface area (Å²) in [5, 5.41) is 3.58. The molecular weight excluding hydrogens is 609 g/mol. The van der Waals surface area contributed by atoms with E-state index in [-0.39, 0.29) is 39.1 Å². The van der Waals surface area contributed by atoms with Crippen molar-refractivity contribution >= 4 is 50.7 Å². The van der Waals surface area contributed by atoms with E-state index in [2.05, 4.69) is 5.32 Å². The second-order valence-corrected chi connectivity index (χ2v) is 13.3. The molecule has 1 saturated carbocycles. The smallest absolute Gasteiger partial charge is 0.264 e. The van der Waals surface area contributed by atoms with Gasteiger partial charge in [0.05, 0.1) is 17.7 Å². The second kappa shape index (κ2) is 14.9. The highest BCUT2D eigenvalue weighted by Gasteiger charge is 2.34. The maximum Gasteiger partial charge on any atom is 0.264 e. The molecule has 3 aromatic carbocycles. The number of hydrogen-bond donors (Lipinski definition) is 1. The molecule has 4 rings (SSSR count). The number of carbonyl (C=O) groups is 2. The normalized spacial score (nSPS) is 14.5. The molecule has 1 aliphatic rings. The van der Waals surface area contributed by atoms with E-state index in [0.717, 1.165) is 42.0 Å². The predicted octanol–water partition coefficient (Wildman–Crippen LogP) is 6.45. The van der Waals surface area contributed by atoms with E-state index in [9.17, 15) is 18.0 Å². The first-order valence-corrected chi connectivity index (χ1v) is 16.6. The standard InChI is InChI=1S/C32H37Cl2N3O5S/c1-3-30(32(39)35-26-10-6-4-7-11-26)36(21-23-14-16-28(42-2)17-15-23)31(38)22-37(27-19-24(33)18-25(34)20-27)43(40,41)29-12-8-5-9-13-29/h5,8-9,12-20,26,30H,3-4,6-7,10-11,21-22H2,1-2H3,(H,35,39)/t30-/m0/s1. The molecule has 1 atom stereocenters. The number of nitrogens with zero attached hydrogens (tertiary/aromatic N) is 2.